The third-order valence-corrected chi connectivity index (χ3v) is 2.77. The summed E-state index contributed by atoms with van der Waals surface area (Å²) in [5, 5.41) is 0.756. The van der Waals surface area contributed by atoms with Crippen molar-refractivity contribution in [3.63, 3.8) is 0 Å². The van der Waals surface area contributed by atoms with Crippen molar-refractivity contribution in [1.82, 2.24) is 0 Å². The van der Waals surface area contributed by atoms with Crippen LogP contribution >= 0.6 is 0 Å². The molecule has 0 spiro atoms. The first-order valence-electron chi connectivity index (χ1n) is 5.50. The maximum absolute atomic E-state index is 14.0. The summed E-state index contributed by atoms with van der Waals surface area (Å²) in [5.74, 6) is -0.609. The van der Waals surface area contributed by atoms with Gasteiger partial charge in [0.2, 0.25) is 0 Å². The van der Waals surface area contributed by atoms with E-state index in [1.54, 1.807) is 18.2 Å². The molecule has 0 heterocycles. The first-order chi connectivity index (χ1) is 7.63. The Morgan fingerprint density at radius 2 is 1.81 bits per heavy atom. The second-order valence-electron chi connectivity index (χ2n) is 4.13. The molecule has 2 aromatic carbocycles. The highest BCUT2D eigenvalue weighted by Gasteiger charge is 2.11. The van der Waals surface area contributed by atoms with Crippen LogP contribution in [0.5, 0.6) is 0 Å². The molecule has 0 radical (unpaired) electrons. The molecule has 0 amide bonds. The Morgan fingerprint density at radius 1 is 1.06 bits per heavy atom. The van der Waals surface area contributed by atoms with Crippen molar-refractivity contribution < 1.29 is 8.78 Å². The predicted molar refractivity (Wildman–Crippen MR) is 62.6 cm³/mol. The summed E-state index contributed by atoms with van der Waals surface area (Å²) in [5.41, 5.74) is 1.41. The quantitative estimate of drug-likeness (QED) is 0.704. The zero-order valence-corrected chi connectivity index (χ0v) is 9.48. The summed E-state index contributed by atoms with van der Waals surface area (Å²) in [6, 6.07) is 6.47. The maximum Gasteiger partial charge on any atom is 0.134 e. The minimum atomic E-state index is -0.330. The van der Waals surface area contributed by atoms with Gasteiger partial charge in [0.05, 0.1) is 0 Å². The van der Waals surface area contributed by atoms with Crippen molar-refractivity contribution in [2.45, 2.75) is 26.7 Å². The van der Waals surface area contributed by atoms with Gasteiger partial charge < -0.3 is 0 Å². The first kappa shape index (κ1) is 11.1. The zero-order valence-electron chi connectivity index (χ0n) is 9.48. The Hall–Kier alpha value is -1.44. The van der Waals surface area contributed by atoms with Gasteiger partial charge in [-0.15, -0.1) is 0 Å². The van der Waals surface area contributed by atoms with Crippen LogP contribution in [0.4, 0.5) is 8.78 Å². The van der Waals surface area contributed by atoms with Crippen molar-refractivity contribution in [3.05, 3.63) is 47.0 Å². The third-order valence-electron chi connectivity index (χ3n) is 2.77. The van der Waals surface area contributed by atoms with Gasteiger partial charge in [0.1, 0.15) is 11.6 Å². The van der Waals surface area contributed by atoms with Crippen LogP contribution in [0, 0.1) is 18.6 Å². The van der Waals surface area contributed by atoms with Crippen LogP contribution in [-0.4, -0.2) is 0 Å². The molecule has 0 nitrogen and oxygen atoms in total. The maximum atomic E-state index is 14.0. The highest BCUT2D eigenvalue weighted by molar-refractivity contribution is 5.85. The third kappa shape index (κ3) is 1.80. The van der Waals surface area contributed by atoms with Gasteiger partial charge in [0.25, 0.3) is 0 Å². The second-order valence-corrected chi connectivity index (χ2v) is 4.13. The van der Waals surface area contributed by atoms with E-state index in [4.69, 9.17) is 0 Å². The average Bonchev–Trinajstić information content (AvgIpc) is 2.26. The van der Waals surface area contributed by atoms with E-state index in [9.17, 15) is 8.78 Å². The molecule has 0 saturated carbocycles. The van der Waals surface area contributed by atoms with Crippen molar-refractivity contribution in [1.29, 1.82) is 0 Å². The Balaban J connectivity index is 2.74. The highest BCUT2D eigenvalue weighted by atomic mass is 19.1. The number of benzene rings is 2. The fourth-order valence-electron chi connectivity index (χ4n) is 1.97. The minimum Gasteiger partial charge on any atom is -0.206 e. The average molecular weight is 220 g/mol. The summed E-state index contributed by atoms with van der Waals surface area (Å²) in [6.07, 6.45) is 1.39. The van der Waals surface area contributed by atoms with Gasteiger partial charge in [0.15, 0.2) is 0 Å². The lowest BCUT2D eigenvalue weighted by molar-refractivity contribution is 0.600. The van der Waals surface area contributed by atoms with Gasteiger partial charge in [-0.3, -0.25) is 0 Å². The number of halogens is 2. The minimum absolute atomic E-state index is 0.279. The molecule has 0 fully saturated rings. The SMILES string of the molecule is CCCc1cc(F)c2cc(C)ccc2c1F. The van der Waals surface area contributed by atoms with Crippen LogP contribution < -0.4 is 0 Å². The van der Waals surface area contributed by atoms with Crippen LogP contribution in [-0.2, 0) is 6.42 Å². The molecule has 84 valence electrons. The largest absolute Gasteiger partial charge is 0.206 e. The molecule has 2 aromatic rings. The highest BCUT2D eigenvalue weighted by Crippen LogP contribution is 2.26. The number of rotatable bonds is 2. The second kappa shape index (κ2) is 4.20. The van der Waals surface area contributed by atoms with Crippen LogP contribution in [0.1, 0.15) is 24.5 Å². The topological polar surface area (TPSA) is 0 Å². The molecule has 0 aliphatic heterocycles. The van der Waals surface area contributed by atoms with Gasteiger partial charge in [-0.2, -0.15) is 0 Å². The molecule has 0 saturated heterocycles. The Morgan fingerprint density at radius 3 is 2.50 bits per heavy atom. The van der Waals surface area contributed by atoms with Gasteiger partial charge in [-0.1, -0.05) is 31.0 Å². The lowest BCUT2D eigenvalue weighted by Crippen LogP contribution is -1.94. The van der Waals surface area contributed by atoms with E-state index in [2.05, 4.69) is 0 Å². The molecule has 0 aliphatic rings. The lowest BCUT2D eigenvalue weighted by atomic mass is 10.0. The van der Waals surface area contributed by atoms with Crippen molar-refractivity contribution in [2.24, 2.45) is 0 Å². The molecule has 0 N–H and O–H groups in total. The van der Waals surface area contributed by atoms with E-state index >= 15 is 0 Å². The van der Waals surface area contributed by atoms with Gasteiger partial charge in [-0.05, 0) is 31.0 Å². The fraction of sp³-hybridized carbons (Fsp3) is 0.286. The van der Waals surface area contributed by atoms with Crippen molar-refractivity contribution >= 4 is 10.8 Å². The van der Waals surface area contributed by atoms with E-state index < -0.39 is 0 Å². The zero-order chi connectivity index (χ0) is 11.7. The van der Waals surface area contributed by atoms with E-state index in [-0.39, 0.29) is 11.6 Å². The van der Waals surface area contributed by atoms with Gasteiger partial charge >= 0.3 is 0 Å². The fourth-order valence-corrected chi connectivity index (χ4v) is 1.97. The molecule has 2 heteroatoms. The summed E-state index contributed by atoms with van der Waals surface area (Å²) in [4.78, 5) is 0. The first-order valence-corrected chi connectivity index (χ1v) is 5.50. The van der Waals surface area contributed by atoms with Gasteiger partial charge in [-0.25, -0.2) is 8.78 Å². The van der Waals surface area contributed by atoms with E-state index in [1.165, 1.54) is 6.07 Å². The molecule has 2 rings (SSSR count). The van der Waals surface area contributed by atoms with Crippen molar-refractivity contribution in [2.75, 3.05) is 0 Å². The van der Waals surface area contributed by atoms with Crippen LogP contribution in [0.25, 0.3) is 10.8 Å². The predicted octanol–water partition coefficient (Wildman–Crippen LogP) is 4.38. The molecule has 0 bridgehead atoms. The molecule has 16 heavy (non-hydrogen) atoms. The molecule has 0 unspecified atom stereocenters. The smallest absolute Gasteiger partial charge is 0.134 e. The molecule has 0 aliphatic carbocycles. The number of hydrogen-bond donors (Lipinski definition) is 0. The van der Waals surface area contributed by atoms with Crippen LogP contribution in [0.15, 0.2) is 24.3 Å². The number of fused-ring (bicyclic) bond motifs is 1. The molecule has 0 aromatic heterocycles. The Kier molecular flexibility index (Phi) is 2.90. The summed E-state index contributed by atoms with van der Waals surface area (Å²) in [7, 11) is 0. The summed E-state index contributed by atoms with van der Waals surface area (Å²) in [6.45, 7) is 3.83. The van der Waals surface area contributed by atoms with E-state index in [0.717, 1.165) is 12.0 Å². The van der Waals surface area contributed by atoms with Crippen molar-refractivity contribution in [3.8, 4) is 0 Å². The lowest BCUT2D eigenvalue weighted by Gasteiger charge is -2.07. The molecular formula is C14H14F2. The molecular weight excluding hydrogens is 206 g/mol. The molecule has 0 atom stereocenters. The van der Waals surface area contributed by atoms with Gasteiger partial charge in [0, 0.05) is 10.8 Å². The Labute approximate surface area is 93.9 Å². The standard InChI is InChI=1S/C14H14F2/c1-3-4-10-8-13(15)12-7-9(2)5-6-11(12)14(10)16/h5-8H,3-4H2,1-2H3. The Bertz CT molecular complexity index is 530. The van der Waals surface area contributed by atoms with E-state index in [0.29, 0.717) is 22.8 Å². The monoisotopic (exact) mass is 220 g/mol. The number of hydrogen-bond acceptors (Lipinski definition) is 0. The van der Waals surface area contributed by atoms with Crippen LogP contribution in [0.2, 0.25) is 0 Å². The number of aryl methyl sites for hydroxylation is 2. The summed E-state index contributed by atoms with van der Waals surface area (Å²) < 4.78 is 27.8. The van der Waals surface area contributed by atoms with Crippen LogP contribution in [0.3, 0.4) is 0 Å². The normalized spacial score (nSPS) is 11.0. The van der Waals surface area contributed by atoms with E-state index in [1.807, 2.05) is 13.8 Å². The summed E-state index contributed by atoms with van der Waals surface area (Å²) >= 11 is 0.